The number of nitrogens with zero attached hydrogens (tertiary/aromatic N) is 2. The third-order valence-corrected chi connectivity index (χ3v) is 4.20. The molecule has 1 saturated heterocycles. The second-order valence-corrected chi connectivity index (χ2v) is 5.80. The number of nitrogens with two attached hydrogens (primary N) is 1. The van der Waals surface area contributed by atoms with E-state index in [0.717, 1.165) is 42.5 Å². The summed E-state index contributed by atoms with van der Waals surface area (Å²) in [6, 6.07) is 7.18. The predicted molar refractivity (Wildman–Crippen MR) is 86.0 cm³/mol. The van der Waals surface area contributed by atoms with Gasteiger partial charge >= 0.3 is 0 Å². The van der Waals surface area contributed by atoms with Crippen molar-refractivity contribution < 1.29 is 4.39 Å². The van der Waals surface area contributed by atoms with Crippen LogP contribution in [0.3, 0.4) is 0 Å². The third-order valence-electron chi connectivity index (χ3n) is 4.20. The first-order valence-electron chi connectivity index (χ1n) is 7.14. The molecule has 114 valence electrons. The fraction of sp³-hybridized carbons (Fsp3) is 0.438. The van der Waals surface area contributed by atoms with E-state index in [1.54, 1.807) is 18.3 Å². The highest BCUT2D eigenvalue weighted by Crippen LogP contribution is 2.22. The lowest BCUT2D eigenvalue weighted by Crippen LogP contribution is -2.45. The largest absolute Gasteiger partial charge is 0.327 e. The van der Waals surface area contributed by atoms with Crippen LogP contribution >= 0.6 is 12.4 Å². The van der Waals surface area contributed by atoms with Gasteiger partial charge in [-0.05, 0) is 42.6 Å². The number of hydrogen-bond donors (Lipinski definition) is 1. The highest BCUT2D eigenvalue weighted by atomic mass is 35.5. The van der Waals surface area contributed by atoms with E-state index >= 15 is 0 Å². The molecule has 2 unspecified atom stereocenters. The topological polar surface area (TPSA) is 42.2 Å². The van der Waals surface area contributed by atoms with Crippen LogP contribution in [0.2, 0.25) is 0 Å². The van der Waals surface area contributed by atoms with E-state index in [0.29, 0.717) is 5.92 Å². The molecular formula is C16H21ClFN3. The summed E-state index contributed by atoms with van der Waals surface area (Å²) < 4.78 is 13.7. The summed E-state index contributed by atoms with van der Waals surface area (Å²) in [6.45, 7) is 4.85. The number of hydrogen-bond acceptors (Lipinski definition) is 3. The lowest BCUT2D eigenvalue weighted by atomic mass is 9.94. The maximum Gasteiger partial charge on any atom is 0.124 e. The lowest BCUT2D eigenvalue weighted by molar-refractivity contribution is 0.158. The summed E-state index contributed by atoms with van der Waals surface area (Å²) in [5, 5.41) is 0.865. The molecule has 2 aromatic rings. The second kappa shape index (κ2) is 6.69. The van der Waals surface area contributed by atoms with Crippen LogP contribution in [-0.4, -0.2) is 29.0 Å². The van der Waals surface area contributed by atoms with Gasteiger partial charge in [-0.3, -0.25) is 9.88 Å². The summed E-state index contributed by atoms with van der Waals surface area (Å²) in [7, 11) is 0. The Balaban J connectivity index is 0.00000161. The van der Waals surface area contributed by atoms with Gasteiger partial charge in [-0.15, -0.1) is 12.4 Å². The fourth-order valence-electron chi connectivity index (χ4n) is 2.98. The zero-order valence-electron chi connectivity index (χ0n) is 12.1. The van der Waals surface area contributed by atoms with Gasteiger partial charge in [0.05, 0.1) is 5.52 Å². The first-order chi connectivity index (χ1) is 9.63. The number of halogens is 2. The Hall–Kier alpha value is -1.23. The molecule has 0 amide bonds. The Labute approximate surface area is 130 Å². The standard InChI is InChI=1S/C16H20FN3.ClH/c1-11-9-20(6-4-15(11)18)10-13-8-14(17)7-12-3-2-5-19-16(12)13;/h2-3,5,7-8,11,15H,4,6,9-10,18H2,1H3;1H. The number of piperidine rings is 1. The second-order valence-electron chi connectivity index (χ2n) is 5.80. The van der Waals surface area contributed by atoms with Crippen molar-refractivity contribution in [1.82, 2.24) is 9.88 Å². The van der Waals surface area contributed by atoms with Crippen LogP contribution in [-0.2, 0) is 6.54 Å². The Morgan fingerprint density at radius 2 is 2.24 bits per heavy atom. The molecule has 3 rings (SSSR count). The molecule has 0 aliphatic carbocycles. The molecule has 5 heteroatoms. The fourth-order valence-corrected chi connectivity index (χ4v) is 2.98. The van der Waals surface area contributed by atoms with E-state index < -0.39 is 0 Å². The van der Waals surface area contributed by atoms with Gasteiger partial charge in [0.15, 0.2) is 0 Å². The number of likely N-dealkylation sites (tertiary alicyclic amines) is 1. The SMILES string of the molecule is CC1CN(Cc2cc(F)cc3cccnc23)CCC1N.Cl. The lowest BCUT2D eigenvalue weighted by Gasteiger charge is -2.35. The third kappa shape index (κ3) is 3.51. The molecule has 1 fully saturated rings. The summed E-state index contributed by atoms with van der Waals surface area (Å²) in [5.41, 5.74) is 7.91. The molecule has 0 bridgehead atoms. The molecule has 0 radical (unpaired) electrons. The van der Waals surface area contributed by atoms with Crippen LogP contribution in [0.15, 0.2) is 30.5 Å². The Morgan fingerprint density at radius 1 is 1.43 bits per heavy atom. The van der Waals surface area contributed by atoms with Gasteiger partial charge in [0.1, 0.15) is 5.82 Å². The van der Waals surface area contributed by atoms with Gasteiger partial charge in [0.25, 0.3) is 0 Å². The summed E-state index contributed by atoms with van der Waals surface area (Å²) in [5.74, 6) is 0.291. The van der Waals surface area contributed by atoms with Crippen molar-refractivity contribution in [2.24, 2.45) is 11.7 Å². The molecule has 1 aromatic carbocycles. The number of aromatic nitrogens is 1. The molecule has 1 aliphatic heterocycles. The van der Waals surface area contributed by atoms with E-state index in [2.05, 4.69) is 16.8 Å². The first-order valence-corrected chi connectivity index (χ1v) is 7.14. The van der Waals surface area contributed by atoms with Gasteiger partial charge < -0.3 is 5.73 Å². The molecule has 21 heavy (non-hydrogen) atoms. The van der Waals surface area contributed by atoms with Crippen LogP contribution in [0.1, 0.15) is 18.9 Å². The molecule has 2 N–H and O–H groups in total. The summed E-state index contributed by atoms with van der Waals surface area (Å²) >= 11 is 0. The molecule has 2 heterocycles. The highest BCUT2D eigenvalue weighted by molar-refractivity contribution is 5.85. The van der Waals surface area contributed by atoms with Gasteiger partial charge in [0.2, 0.25) is 0 Å². The zero-order valence-corrected chi connectivity index (χ0v) is 12.9. The Morgan fingerprint density at radius 3 is 3.00 bits per heavy atom. The highest BCUT2D eigenvalue weighted by Gasteiger charge is 2.23. The zero-order chi connectivity index (χ0) is 14.1. The van der Waals surface area contributed by atoms with Crippen molar-refractivity contribution in [3.05, 3.63) is 41.8 Å². The minimum absolute atomic E-state index is 0. The Bertz CT molecular complexity index is 619. The van der Waals surface area contributed by atoms with E-state index in [-0.39, 0.29) is 24.3 Å². The minimum atomic E-state index is -0.192. The molecular weight excluding hydrogens is 289 g/mol. The van der Waals surface area contributed by atoms with Crippen molar-refractivity contribution >= 4 is 23.3 Å². The number of fused-ring (bicyclic) bond motifs is 1. The van der Waals surface area contributed by atoms with Crippen LogP contribution in [0.25, 0.3) is 10.9 Å². The van der Waals surface area contributed by atoms with E-state index in [1.165, 1.54) is 0 Å². The van der Waals surface area contributed by atoms with Crippen LogP contribution in [0.5, 0.6) is 0 Å². The molecule has 3 nitrogen and oxygen atoms in total. The van der Waals surface area contributed by atoms with Crippen molar-refractivity contribution in [1.29, 1.82) is 0 Å². The summed E-state index contributed by atoms with van der Waals surface area (Å²) in [6.07, 6.45) is 2.76. The average Bonchev–Trinajstić information content (AvgIpc) is 2.43. The molecule has 1 aliphatic rings. The monoisotopic (exact) mass is 309 g/mol. The number of benzene rings is 1. The molecule has 2 atom stereocenters. The van der Waals surface area contributed by atoms with Gasteiger partial charge in [-0.25, -0.2) is 4.39 Å². The first kappa shape index (κ1) is 16.1. The van der Waals surface area contributed by atoms with Crippen LogP contribution < -0.4 is 5.73 Å². The normalized spacial score (nSPS) is 23.0. The minimum Gasteiger partial charge on any atom is -0.327 e. The maximum absolute atomic E-state index is 13.7. The maximum atomic E-state index is 13.7. The van der Waals surface area contributed by atoms with Crippen molar-refractivity contribution in [2.75, 3.05) is 13.1 Å². The van der Waals surface area contributed by atoms with Crippen molar-refractivity contribution in [2.45, 2.75) is 25.9 Å². The predicted octanol–water partition coefficient (Wildman–Crippen LogP) is 2.96. The van der Waals surface area contributed by atoms with Gasteiger partial charge in [0, 0.05) is 30.7 Å². The van der Waals surface area contributed by atoms with E-state index in [4.69, 9.17) is 5.73 Å². The average molecular weight is 310 g/mol. The van der Waals surface area contributed by atoms with Gasteiger partial charge in [-0.2, -0.15) is 0 Å². The van der Waals surface area contributed by atoms with Crippen LogP contribution in [0, 0.1) is 11.7 Å². The Kier molecular flexibility index (Phi) is 5.14. The van der Waals surface area contributed by atoms with Gasteiger partial charge in [-0.1, -0.05) is 13.0 Å². The molecule has 0 spiro atoms. The van der Waals surface area contributed by atoms with E-state index in [1.807, 2.05) is 12.1 Å². The van der Waals surface area contributed by atoms with E-state index in [9.17, 15) is 4.39 Å². The van der Waals surface area contributed by atoms with Crippen molar-refractivity contribution in [3.63, 3.8) is 0 Å². The van der Waals surface area contributed by atoms with Crippen molar-refractivity contribution in [3.8, 4) is 0 Å². The van der Waals surface area contributed by atoms with Crippen LogP contribution in [0.4, 0.5) is 4.39 Å². The molecule has 1 aromatic heterocycles. The summed E-state index contributed by atoms with van der Waals surface area (Å²) in [4.78, 5) is 6.75. The number of rotatable bonds is 2. The quantitative estimate of drug-likeness (QED) is 0.927. The smallest absolute Gasteiger partial charge is 0.124 e. The number of pyridine rings is 1. The molecule has 0 saturated carbocycles.